The molecule has 2 aromatic heterocycles. The van der Waals surface area contributed by atoms with Crippen LogP contribution >= 0.6 is 0 Å². The molecule has 5 aliphatic rings. The number of amides is 5. The summed E-state index contributed by atoms with van der Waals surface area (Å²) in [5.74, 6) is -4.94. The summed E-state index contributed by atoms with van der Waals surface area (Å²) < 4.78 is 63.9. The molecule has 20 heteroatoms. The van der Waals surface area contributed by atoms with Gasteiger partial charge in [0.15, 0.2) is 17.4 Å². The van der Waals surface area contributed by atoms with Gasteiger partial charge in [-0.05, 0) is 111 Å². The summed E-state index contributed by atoms with van der Waals surface area (Å²) in [5, 5.41) is 11.0. The number of methoxy groups -OCH3 is 1. The fourth-order valence-corrected chi connectivity index (χ4v) is 11.6. The van der Waals surface area contributed by atoms with Crippen molar-refractivity contribution in [2.24, 2.45) is 5.92 Å². The van der Waals surface area contributed by atoms with Gasteiger partial charge in [0.25, 0.3) is 11.8 Å². The molecule has 6 heterocycles. The van der Waals surface area contributed by atoms with Gasteiger partial charge in [-0.15, -0.1) is 0 Å². The van der Waals surface area contributed by atoms with E-state index in [0.29, 0.717) is 60.3 Å². The number of ether oxygens (including phenoxy) is 3. The summed E-state index contributed by atoms with van der Waals surface area (Å²) in [4.78, 5) is 68.7. The number of hydrogen-bond acceptors (Lipinski definition) is 12. The number of piperazine rings is 1. The van der Waals surface area contributed by atoms with Crippen LogP contribution in [-0.2, 0) is 16.1 Å². The first-order valence-corrected chi connectivity index (χ1v) is 26.5. The molecule has 0 bridgehead atoms. The maximum atomic E-state index is 15.1. The Bertz CT molecular complexity index is 3190. The summed E-state index contributed by atoms with van der Waals surface area (Å²) in [7, 11) is 1.52. The van der Waals surface area contributed by atoms with Crippen LogP contribution in [0.4, 0.5) is 29.6 Å². The van der Waals surface area contributed by atoms with Crippen molar-refractivity contribution in [2.75, 3.05) is 75.9 Å². The molecule has 17 nitrogen and oxygen atoms in total. The molecular weight excluding hydrogens is 994 g/mol. The highest BCUT2D eigenvalue weighted by atomic mass is 19.2. The summed E-state index contributed by atoms with van der Waals surface area (Å²) >= 11 is 0. The monoisotopic (exact) mass is 1050 g/mol. The number of nitrogens with zero attached hydrogens (tertiary/aromatic N) is 8. The Morgan fingerprint density at radius 3 is 2.32 bits per heavy atom. The number of nitrogens with one attached hydrogen (secondary N) is 2. The van der Waals surface area contributed by atoms with Gasteiger partial charge >= 0.3 is 6.03 Å². The number of urea groups is 1. The van der Waals surface area contributed by atoms with Crippen molar-refractivity contribution in [3.63, 3.8) is 0 Å². The highest BCUT2D eigenvalue weighted by molar-refractivity contribution is 6.06. The second kappa shape index (κ2) is 21.8. The number of carbonyl (C=O) groups is 4. The molecule has 6 aromatic rings. The first-order valence-electron chi connectivity index (χ1n) is 26.5. The molecule has 5 amide bonds. The number of aromatic nitrogens is 4. The number of fused-ring (bicyclic) bond motifs is 1. The Balaban J connectivity index is 0.621. The van der Waals surface area contributed by atoms with E-state index < -0.39 is 40.7 Å². The second-order valence-electron chi connectivity index (χ2n) is 21.0. The Labute approximate surface area is 443 Å². The second-order valence-corrected chi connectivity index (χ2v) is 21.0. The number of halogens is 3. The molecule has 2 N–H and O–H groups in total. The fourth-order valence-electron chi connectivity index (χ4n) is 11.6. The number of benzene rings is 4. The van der Waals surface area contributed by atoms with Gasteiger partial charge in [0.2, 0.25) is 17.7 Å². The summed E-state index contributed by atoms with van der Waals surface area (Å²) in [6, 6.07) is 18.9. The van der Waals surface area contributed by atoms with Crippen molar-refractivity contribution in [1.29, 1.82) is 0 Å². The van der Waals surface area contributed by atoms with Crippen LogP contribution in [-0.4, -0.2) is 131 Å². The van der Waals surface area contributed by atoms with Gasteiger partial charge in [0.1, 0.15) is 12.4 Å². The van der Waals surface area contributed by atoms with Crippen LogP contribution < -0.4 is 29.9 Å². The number of imide groups is 1. The first-order chi connectivity index (χ1) is 37.3. The predicted molar refractivity (Wildman–Crippen MR) is 280 cm³/mol. The van der Waals surface area contributed by atoms with E-state index >= 15 is 4.39 Å². The molecule has 4 aromatic carbocycles. The minimum atomic E-state index is -1.56. The summed E-state index contributed by atoms with van der Waals surface area (Å²) in [6.45, 7) is 7.35. The number of anilines is 2. The zero-order valence-electron chi connectivity index (χ0n) is 43.1. The van der Waals surface area contributed by atoms with Gasteiger partial charge in [-0.3, -0.25) is 34.2 Å². The van der Waals surface area contributed by atoms with Crippen molar-refractivity contribution >= 4 is 46.3 Å². The van der Waals surface area contributed by atoms with Crippen molar-refractivity contribution in [2.45, 2.75) is 82.6 Å². The van der Waals surface area contributed by atoms with Gasteiger partial charge in [0.05, 0.1) is 36.4 Å². The Kier molecular flexibility index (Phi) is 14.6. The zero-order valence-corrected chi connectivity index (χ0v) is 43.1. The minimum Gasteiger partial charge on any atom is -0.497 e. The summed E-state index contributed by atoms with van der Waals surface area (Å²) in [5.41, 5.74) is 4.34. The molecule has 77 heavy (non-hydrogen) atoms. The molecule has 1 aliphatic carbocycles. The lowest BCUT2D eigenvalue weighted by Crippen LogP contribution is -2.52. The van der Waals surface area contributed by atoms with E-state index in [1.807, 2.05) is 35.0 Å². The van der Waals surface area contributed by atoms with Crippen molar-refractivity contribution in [3.8, 4) is 22.6 Å². The molecule has 1 unspecified atom stereocenters. The molecule has 0 radical (unpaired) electrons. The lowest BCUT2D eigenvalue weighted by Gasteiger charge is -2.40. The highest BCUT2D eigenvalue weighted by Crippen LogP contribution is 2.39. The standard InChI is InChI=1S/C57H61F3N10O7/c1-35-3-8-39(26-48(35)69-18-15-49(71)64-56(69)74)54(73)67-19-16-57(17-20-67)28-43(34-77-57)66-21-23-68(24-22-66)55-62-30-41(31-63-55)38-9-10-40-32-70(65-47(40)25-38)42-11-4-36(5-12-42)29-61-53(72)45-27-46(58)52(51(60)50(45)59)76-33-37-6-13-44(75-2)14-7-37/h3,6-10,13-14,25-27,30-32,36,42-43H,4-5,11-12,15-24,28-29,33-34H2,1-2H3,(H,61,72)(H,64,71,74). The van der Waals surface area contributed by atoms with Crippen LogP contribution in [0.2, 0.25) is 0 Å². The predicted octanol–water partition coefficient (Wildman–Crippen LogP) is 8.00. The third-order valence-corrected chi connectivity index (χ3v) is 16.2. The van der Waals surface area contributed by atoms with Gasteiger partial charge in [0, 0.05) is 106 Å². The molecule has 5 fully saturated rings. The maximum Gasteiger partial charge on any atom is 0.328 e. The average Bonchev–Trinajstić information content (AvgIpc) is 4.10. The normalized spacial score (nSPS) is 20.9. The molecule has 1 atom stereocenters. The van der Waals surface area contributed by atoms with Gasteiger partial charge in [-0.1, -0.05) is 30.3 Å². The lowest BCUT2D eigenvalue weighted by atomic mass is 9.86. The molecule has 1 saturated carbocycles. The van der Waals surface area contributed by atoms with Crippen LogP contribution in [0.1, 0.15) is 89.3 Å². The largest absolute Gasteiger partial charge is 0.497 e. The van der Waals surface area contributed by atoms with E-state index in [1.165, 1.54) is 12.0 Å². The van der Waals surface area contributed by atoms with E-state index in [2.05, 4.69) is 44.8 Å². The van der Waals surface area contributed by atoms with Gasteiger partial charge in [-0.25, -0.2) is 23.5 Å². The topological polar surface area (TPSA) is 177 Å². The van der Waals surface area contributed by atoms with E-state index in [9.17, 15) is 28.0 Å². The van der Waals surface area contributed by atoms with Crippen molar-refractivity contribution in [3.05, 3.63) is 125 Å². The number of likely N-dealkylation sites (tertiary alicyclic amines) is 1. The fraction of sp³-hybridized carbons (Fsp3) is 0.421. The minimum absolute atomic E-state index is 0.0710. The summed E-state index contributed by atoms with van der Waals surface area (Å²) in [6.07, 6.45) is 11.6. The van der Waals surface area contributed by atoms with E-state index in [1.54, 1.807) is 36.4 Å². The molecule has 402 valence electrons. The van der Waals surface area contributed by atoms with Crippen LogP contribution in [0.25, 0.3) is 22.0 Å². The van der Waals surface area contributed by atoms with Gasteiger partial charge < -0.3 is 29.3 Å². The van der Waals surface area contributed by atoms with Crippen LogP contribution in [0, 0.1) is 30.3 Å². The molecule has 11 rings (SSSR count). The zero-order chi connectivity index (χ0) is 53.4. The lowest BCUT2D eigenvalue weighted by molar-refractivity contribution is -0.120. The van der Waals surface area contributed by atoms with Crippen molar-refractivity contribution in [1.82, 2.24) is 40.2 Å². The van der Waals surface area contributed by atoms with E-state index in [4.69, 9.17) is 29.3 Å². The Morgan fingerprint density at radius 2 is 1.60 bits per heavy atom. The van der Waals surface area contributed by atoms with E-state index in [0.717, 1.165) is 98.7 Å². The van der Waals surface area contributed by atoms with Crippen LogP contribution in [0.5, 0.6) is 11.5 Å². The average molecular weight is 1060 g/mol. The smallest absolute Gasteiger partial charge is 0.328 e. The van der Waals surface area contributed by atoms with Crippen LogP contribution in [0.3, 0.4) is 0 Å². The number of hydrogen-bond donors (Lipinski definition) is 2. The number of aryl methyl sites for hydroxylation is 1. The maximum absolute atomic E-state index is 15.1. The SMILES string of the molecule is COc1ccc(COc2c(F)cc(C(=O)NCC3CCC(n4cc5ccc(-c6cnc(N7CCN(C8COC9(CCN(C(=O)c%10ccc(C)c(N%11CCC(=O)NC%11=O)c%10)CC9)C8)CC7)nc6)cc5n4)CC3)c(F)c2F)cc1. The quantitative estimate of drug-likeness (QED) is 0.107. The van der Waals surface area contributed by atoms with Crippen LogP contribution in [0.15, 0.2) is 85.3 Å². The highest BCUT2D eigenvalue weighted by Gasteiger charge is 2.46. The molecule has 1 spiro atoms. The third-order valence-electron chi connectivity index (χ3n) is 16.2. The number of rotatable bonds is 13. The van der Waals surface area contributed by atoms with Crippen molar-refractivity contribution < 1.29 is 46.6 Å². The Morgan fingerprint density at radius 1 is 0.844 bits per heavy atom. The van der Waals surface area contributed by atoms with Gasteiger partial charge in [-0.2, -0.15) is 9.49 Å². The molecule has 4 saturated heterocycles. The molecule has 4 aliphatic heterocycles. The number of piperidine rings is 1. The van der Waals surface area contributed by atoms with E-state index in [-0.39, 0.29) is 55.5 Å². The Hall–Kier alpha value is -7.58. The third kappa shape index (κ3) is 10.9. The number of carbonyl (C=O) groups excluding carboxylic acids is 4. The molecular formula is C57H61F3N10O7. The first kappa shape index (κ1) is 51.5.